The number of thiocarbonyl (C=S) groups is 2. The van der Waals surface area contributed by atoms with Crippen LogP contribution in [0.1, 0.15) is 39.5 Å². The number of hydrogen-bond donors (Lipinski definition) is 2. The van der Waals surface area contributed by atoms with E-state index in [1.54, 1.807) is 0 Å². The van der Waals surface area contributed by atoms with Crippen molar-refractivity contribution in [1.29, 1.82) is 0 Å². The fraction of sp³-hybridized carbons (Fsp3) is 0.800. The summed E-state index contributed by atoms with van der Waals surface area (Å²) < 4.78 is 9.58. The molecule has 0 aliphatic carbocycles. The van der Waals surface area contributed by atoms with Crippen LogP contribution in [-0.4, -0.2) is 53.1 Å². The third-order valence-corrected chi connectivity index (χ3v) is 1.72. The third kappa shape index (κ3) is 31.4. The van der Waals surface area contributed by atoms with Crippen molar-refractivity contribution in [2.24, 2.45) is 11.5 Å². The number of nitrogens with two attached hydrogens (primary N) is 2. The molecule has 0 atom stereocenters. The zero-order chi connectivity index (χ0) is 12.8. The van der Waals surface area contributed by atoms with Gasteiger partial charge in [0, 0.05) is 0 Å². The number of ether oxygens (including phenoxy) is 2. The number of unbranched alkanes of at least 4 members (excludes halogenated alkanes) is 2. The van der Waals surface area contributed by atoms with Gasteiger partial charge in [-0.2, -0.15) is 0 Å². The molecular formula is C10H23N2NaO2S2. The molecule has 0 fully saturated rings. The van der Waals surface area contributed by atoms with Gasteiger partial charge in [0.25, 0.3) is 10.3 Å². The molecule has 7 heteroatoms. The molecule has 0 aromatic carbocycles. The second kappa shape index (κ2) is 18.7. The normalized spacial score (nSPS) is 8.12. The molecule has 0 saturated carbocycles. The van der Waals surface area contributed by atoms with Crippen LogP contribution >= 0.6 is 24.4 Å². The summed E-state index contributed by atoms with van der Waals surface area (Å²) in [6, 6.07) is 0. The number of rotatable bonds is 6. The van der Waals surface area contributed by atoms with Gasteiger partial charge >= 0.3 is 29.6 Å². The Bertz CT molecular complexity index is 175. The van der Waals surface area contributed by atoms with Gasteiger partial charge in [0.15, 0.2) is 0 Å². The molecule has 0 aliphatic rings. The monoisotopic (exact) mass is 290 g/mol. The standard InChI is InChI=1S/2C5H11NOS.Na.H/c2*1-2-3-4-7-5(6)8;;/h2*2-4H2,1H3,(H2,6,8);;. The van der Waals surface area contributed by atoms with E-state index in [1.807, 2.05) is 0 Å². The fourth-order valence-electron chi connectivity index (χ4n) is 0.634. The van der Waals surface area contributed by atoms with Crippen LogP contribution < -0.4 is 11.5 Å². The first-order valence-corrected chi connectivity index (χ1v) is 6.20. The van der Waals surface area contributed by atoms with Gasteiger partial charge in [0.05, 0.1) is 13.2 Å². The second-order valence-electron chi connectivity index (χ2n) is 3.04. The van der Waals surface area contributed by atoms with Crippen LogP contribution in [0.15, 0.2) is 0 Å². The van der Waals surface area contributed by atoms with Crippen molar-refractivity contribution in [3.8, 4) is 0 Å². The Morgan fingerprint density at radius 1 is 0.882 bits per heavy atom. The molecule has 17 heavy (non-hydrogen) atoms. The molecule has 4 nitrogen and oxygen atoms in total. The van der Waals surface area contributed by atoms with E-state index in [-0.39, 0.29) is 39.9 Å². The van der Waals surface area contributed by atoms with Crippen molar-refractivity contribution in [3.05, 3.63) is 0 Å². The first kappa shape index (κ1) is 22.6. The van der Waals surface area contributed by atoms with Gasteiger partial charge in [-0.1, -0.05) is 26.7 Å². The average molecular weight is 290 g/mol. The Morgan fingerprint density at radius 2 is 1.18 bits per heavy atom. The molecular weight excluding hydrogens is 267 g/mol. The van der Waals surface area contributed by atoms with E-state index in [0.717, 1.165) is 25.7 Å². The maximum absolute atomic E-state index is 5.04. The first-order chi connectivity index (χ1) is 7.54. The molecule has 0 spiro atoms. The van der Waals surface area contributed by atoms with E-state index in [4.69, 9.17) is 20.9 Å². The van der Waals surface area contributed by atoms with Crippen molar-refractivity contribution in [1.82, 2.24) is 0 Å². The maximum atomic E-state index is 5.04. The molecule has 0 aromatic heterocycles. The predicted octanol–water partition coefficient (Wildman–Crippen LogP) is 1.44. The molecule has 98 valence electrons. The van der Waals surface area contributed by atoms with Gasteiger partial charge in [0.2, 0.25) is 0 Å². The summed E-state index contributed by atoms with van der Waals surface area (Å²) in [5.41, 5.74) is 10.1. The summed E-state index contributed by atoms with van der Waals surface area (Å²) in [6.07, 6.45) is 4.28. The van der Waals surface area contributed by atoms with E-state index >= 15 is 0 Å². The summed E-state index contributed by atoms with van der Waals surface area (Å²) in [5.74, 6) is 0. The van der Waals surface area contributed by atoms with Gasteiger partial charge in [-0.15, -0.1) is 0 Å². The third-order valence-electron chi connectivity index (χ3n) is 1.48. The molecule has 0 saturated heterocycles. The second-order valence-corrected chi connectivity index (χ2v) is 3.85. The van der Waals surface area contributed by atoms with Gasteiger partial charge in [-0.3, -0.25) is 0 Å². The Labute approximate surface area is 137 Å². The number of hydrogen-bond acceptors (Lipinski definition) is 4. The zero-order valence-corrected chi connectivity index (χ0v) is 11.7. The average Bonchev–Trinajstić information content (AvgIpc) is 2.18. The van der Waals surface area contributed by atoms with Gasteiger partial charge in [-0.25, -0.2) is 0 Å². The summed E-state index contributed by atoms with van der Waals surface area (Å²) in [5, 5.41) is 0.303. The Kier molecular flexibility index (Phi) is 24.9. The van der Waals surface area contributed by atoms with Crippen LogP contribution in [0.2, 0.25) is 0 Å². The van der Waals surface area contributed by atoms with E-state index in [9.17, 15) is 0 Å². The van der Waals surface area contributed by atoms with Crippen molar-refractivity contribution in [2.45, 2.75) is 39.5 Å². The van der Waals surface area contributed by atoms with E-state index in [2.05, 4.69) is 38.3 Å². The Morgan fingerprint density at radius 3 is 1.35 bits per heavy atom. The summed E-state index contributed by atoms with van der Waals surface area (Å²) >= 11 is 8.93. The van der Waals surface area contributed by atoms with Crippen LogP contribution in [0, 0.1) is 0 Å². The Hall–Kier alpha value is 0.380. The van der Waals surface area contributed by atoms with Gasteiger partial charge in [-0.05, 0) is 37.3 Å². The van der Waals surface area contributed by atoms with Crippen molar-refractivity contribution in [3.63, 3.8) is 0 Å². The topological polar surface area (TPSA) is 70.5 Å². The minimum absolute atomic E-state index is 0. The fourth-order valence-corrected chi connectivity index (χ4v) is 0.801. The molecule has 0 bridgehead atoms. The molecule has 0 heterocycles. The van der Waals surface area contributed by atoms with Crippen molar-refractivity contribution in [2.75, 3.05) is 13.2 Å². The van der Waals surface area contributed by atoms with Crippen LogP contribution in [0.4, 0.5) is 0 Å². The SMILES string of the molecule is CCCCOC(N)=S.CCCCOC(N)=S.[NaH]. The van der Waals surface area contributed by atoms with Crippen LogP contribution in [0.5, 0.6) is 0 Å². The summed E-state index contributed by atoms with van der Waals surface area (Å²) in [6.45, 7) is 5.49. The summed E-state index contributed by atoms with van der Waals surface area (Å²) in [4.78, 5) is 0. The molecule has 0 amide bonds. The quantitative estimate of drug-likeness (QED) is 0.438. The molecule has 0 rings (SSSR count). The minimum atomic E-state index is 0. The molecule has 0 aliphatic heterocycles. The van der Waals surface area contributed by atoms with Crippen molar-refractivity contribution < 1.29 is 9.47 Å². The van der Waals surface area contributed by atoms with Gasteiger partial charge < -0.3 is 20.9 Å². The van der Waals surface area contributed by atoms with Crippen LogP contribution in [-0.2, 0) is 9.47 Å². The molecule has 0 unspecified atom stereocenters. The van der Waals surface area contributed by atoms with Crippen molar-refractivity contribution >= 4 is 64.3 Å². The zero-order valence-electron chi connectivity index (χ0n) is 10.0. The van der Waals surface area contributed by atoms with Gasteiger partial charge in [0.1, 0.15) is 0 Å². The van der Waals surface area contributed by atoms with E-state index in [1.165, 1.54) is 0 Å². The van der Waals surface area contributed by atoms with E-state index in [0.29, 0.717) is 13.2 Å². The predicted molar refractivity (Wildman–Crippen MR) is 82.4 cm³/mol. The van der Waals surface area contributed by atoms with Crippen LogP contribution in [0.25, 0.3) is 0 Å². The molecule has 0 radical (unpaired) electrons. The Balaban J connectivity index is -0.000000218. The summed E-state index contributed by atoms with van der Waals surface area (Å²) in [7, 11) is 0. The first-order valence-electron chi connectivity index (χ1n) is 5.39. The van der Waals surface area contributed by atoms with E-state index < -0.39 is 0 Å². The van der Waals surface area contributed by atoms with Crippen LogP contribution in [0.3, 0.4) is 0 Å². The molecule has 0 aromatic rings. The molecule has 4 N–H and O–H groups in total.